The van der Waals surface area contributed by atoms with E-state index in [1.807, 2.05) is 0 Å². The summed E-state index contributed by atoms with van der Waals surface area (Å²) in [6.07, 6.45) is 3.58. The van der Waals surface area contributed by atoms with Gasteiger partial charge in [-0.15, -0.1) is 0 Å². The van der Waals surface area contributed by atoms with Gasteiger partial charge in [0.05, 0.1) is 5.41 Å². The van der Waals surface area contributed by atoms with Crippen molar-refractivity contribution in [2.24, 2.45) is 0 Å². The van der Waals surface area contributed by atoms with Crippen LogP contribution in [0.25, 0.3) is 0 Å². The van der Waals surface area contributed by atoms with E-state index in [1.165, 1.54) is 23.2 Å². The van der Waals surface area contributed by atoms with Crippen molar-refractivity contribution in [3.63, 3.8) is 0 Å². The second kappa shape index (κ2) is 4.09. The Balaban J connectivity index is 2.11. The molecule has 102 valence electrons. The molecule has 0 saturated heterocycles. The van der Waals surface area contributed by atoms with Crippen molar-refractivity contribution in [2.75, 3.05) is 4.90 Å². The smallest absolute Gasteiger partial charge is 0.237 e. The maximum atomic E-state index is 12.7. The van der Waals surface area contributed by atoms with Gasteiger partial charge in [0.25, 0.3) is 0 Å². The molecular weight excluding hydrogens is 234 g/mol. The van der Waals surface area contributed by atoms with Crippen LogP contribution in [0.4, 0.5) is 5.69 Å². The monoisotopic (exact) mass is 257 g/mol. The first kappa shape index (κ1) is 12.7. The second-order valence-corrected chi connectivity index (χ2v) is 6.82. The summed E-state index contributed by atoms with van der Waals surface area (Å²) in [6.45, 7) is 8.53. The first-order chi connectivity index (χ1) is 8.93. The average Bonchev–Trinajstić information content (AvgIpc) is 2.48. The van der Waals surface area contributed by atoms with Gasteiger partial charge >= 0.3 is 0 Å². The van der Waals surface area contributed by atoms with Gasteiger partial charge in [0, 0.05) is 11.7 Å². The number of nitrogens with zero attached hydrogens (tertiary/aromatic N) is 1. The number of amides is 1. The molecule has 0 unspecified atom stereocenters. The molecule has 0 bridgehead atoms. The number of hydrogen-bond acceptors (Lipinski definition) is 1. The van der Waals surface area contributed by atoms with Crippen LogP contribution in [-0.4, -0.2) is 11.9 Å². The lowest BCUT2D eigenvalue weighted by Gasteiger charge is -2.36. The van der Waals surface area contributed by atoms with Gasteiger partial charge in [-0.25, -0.2) is 0 Å². The molecule has 1 aliphatic carbocycles. The summed E-state index contributed by atoms with van der Waals surface area (Å²) in [5, 5.41) is 0. The third-order valence-corrected chi connectivity index (χ3v) is 4.81. The first-order valence-corrected chi connectivity index (χ1v) is 7.41. The lowest BCUT2D eigenvalue weighted by atomic mass is 9.85. The van der Waals surface area contributed by atoms with E-state index < -0.39 is 0 Å². The molecule has 19 heavy (non-hydrogen) atoms. The van der Waals surface area contributed by atoms with E-state index in [2.05, 4.69) is 50.8 Å². The molecule has 1 heterocycles. The van der Waals surface area contributed by atoms with Crippen molar-refractivity contribution in [1.82, 2.24) is 0 Å². The van der Waals surface area contributed by atoms with Crippen LogP contribution in [-0.2, 0) is 10.2 Å². The molecular formula is C17H23NO. The van der Waals surface area contributed by atoms with Crippen molar-refractivity contribution in [3.05, 3.63) is 29.3 Å². The van der Waals surface area contributed by atoms with Gasteiger partial charge in [0.2, 0.25) is 5.91 Å². The SMILES string of the molecule is CC(C)c1ccc2c(c1)N(C1CCC1)C(=O)C2(C)C. The number of fused-ring (bicyclic) bond motifs is 1. The molecule has 2 nitrogen and oxygen atoms in total. The Morgan fingerprint density at radius 1 is 1.26 bits per heavy atom. The molecule has 0 radical (unpaired) electrons. The normalized spacial score (nSPS) is 21.7. The molecule has 0 atom stereocenters. The summed E-state index contributed by atoms with van der Waals surface area (Å²) < 4.78 is 0. The van der Waals surface area contributed by atoms with Gasteiger partial charge in [-0.2, -0.15) is 0 Å². The highest BCUT2D eigenvalue weighted by Crippen LogP contribution is 2.46. The minimum atomic E-state index is -0.361. The van der Waals surface area contributed by atoms with E-state index in [0.717, 1.165) is 12.8 Å². The van der Waals surface area contributed by atoms with Crippen molar-refractivity contribution in [3.8, 4) is 0 Å². The fourth-order valence-electron chi connectivity index (χ4n) is 3.17. The number of carbonyl (C=O) groups is 1. The molecule has 1 aliphatic heterocycles. The Morgan fingerprint density at radius 3 is 2.47 bits per heavy atom. The Bertz CT molecular complexity index is 526. The third kappa shape index (κ3) is 1.73. The Labute approximate surface area is 115 Å². The van der Waals surface area contributed by atoms with Crippen LogP contribution in [0.2, 0.25) is 0 Å². The molecule has 0 N–H and O–H groups in total. The summed E-state index contributed by atoms with van der Waals surface area (Å²) in [7, 11) is 0. The molecule has 2 heteroatoms. The van der Waals surface area contributed by atoms with Crippen LogP contribution in [0.1, 0.15) is 64.0 Å². The summed E-state index contributed by atoms with van der Waals surface area (Å²) in [4.78, 5) is 14.8. The van der Waals surface area contributed by atoms with Gasteiger partial charge in [-0.05, 0) is 56.2 Å². The predicted octanol–water partition coefficient (Wildman–Crippen LogP) is 3.99. The largest absolute Gasteiger partial charge is 0.308 e. The molecule has 3 rings (SSSR count). The van der Waals surface area contributed by atoms with Crippen LogP contribution in [0, 0.1) is 0 Å². The van der Waals surface area contributed by atoms with Crippen molar-refractivity contribution in [1.29, 1.82) is 0 Å². The summed E-state index contributed by atoms with van der Waals surface area (Å²) >= 11 is 0. The minimum absolute atomic E-state index is 0.285. The lowest BCUT2D eigenvalue weighted by molar-refractivity contribution is -0.122. The first-order valence-electron chi connectivity index (χ1n) is 7.41. The van der Waals surface area contributed by atoms with Gasteiger partial charge in [0.15, 0.2) is 0 Å². The number of anilines is 1. The zero-order valence-electron chi connectivity index (χ0n) is 12.4. The summed E-state index contributed by atoms with van der Waals surface area (Å²) in [5.41, 5.74) is 3.34. The number of hydrogen-bond donors (Lipinski definition) is 0. The highest BCUT2D eigenvalue weighted by Gasteiger charge is 2.47. The summed E-state index contributed by atoms with van der Waals surface area (Å²) in [5.74, 6) is 0.792. The van der Waals surface area contributed by atoms with E-state index in [-0.39, 0.29) is 11.3 Å². The molecule has 0 aromatic heterocycles. The minimum Gasteiger partial charge on any atom is -0.308 e. The van der Waals surface area contributed by atoms with Crippen LogP contribution in [0.3, 0.4) is 0 Å². The van der Waals surface area contributed by atoms with Gasteiger partial charge in [0.1, 0.15) is 0 Å². The fourth-order valence-corrected chi connectivity index (χ4v) is 3.17. The Morgan fingerprint density at radius 2 is 1.95 bits per heavy atom. The molecule has 0 spiro atoms. The zero-order chi connectivity index (χ0) is 13.8. The van der Waals surface area contributed by atoms with E-state index in [1.54, 1.807) is 0 Å². The average molecular weight is 257 g/mol. The Kier molecular flexibility index (Phi) is 2.74. The molecule has 2 aliphatic rings. The fraction of sp³-hybridized carbons (Fsp3) is 0.588. The van der Waals surface area contributed by atoms with Gasteiger partial charge in [-0.1, -0.05) is 26.0 Å². The van der Waals surface area contributed by atoms with Crippen molar-refractivity contribution in [2.45, 2.75) is 64.3 Å². The molecule has 1 fully saturated rings. The quantitative estimate of drug-likeness (QED) is 0.784. The number of benzene rings is 1. The van der Waals surface area contributed by atoms with E-state index >= 15 is 0 Å². The highest BCUT2D eigenvalue weighted by atomic mass is 16.2. The third-order valence-electron chi connectivity index (χ3n) is 4.81. The number of rotatable bonds is 2. The highest BCUT2D eigenvalue weighted by molar-refractivity contribution is 6.08. The zero-order valence-corrected chi connectivity index (χ0v) is 12.4. The molecule has 1 amide bonds. The van der Waals surface area contributed by atoms with Crippen molar-refractivity contribution >= 4 is 11.6 Å². The van der Waals surface area contributed by atoms with Crippen LogP contribution in [0.5, 0.6) is 0 Å². The molecule has 1 aromatic carbocycles. The van der Waals surface area contributed by atoms with Crippen molar-refractivity contribution < 1.29 is 4.79 Å². The topological polar surface area (TPSA) is 20.3 Å². The van der Waals surface area contributed by atoms with Crippen LogP contribution >= 0.6 is 0 Å². The van der Waals surface area contributed by atoms with Crippen LogP contribution in [0.15, 0.2) is 18.2 Å². The Hall–Kier alpha value is -1.31. The molecule has 1 aromatic rings. The van der Waals surface area contributed by atoms with Gasteiger partial charge < -0.3 is 4.90 Å². The van der Waals surface area contributed by atoms with E-state index in [0.29, 0.717) is 12.0 Å². The second-order valence-electron chi connectivity index (χ2n) is 6.82. The maximum Gasteiger partial charge on any atom is 0.237 e. The van der Waals surface area contributed by atoms with E-state index in [4.69, 9.17) is 0 Å². The van der Waals surface area contributed by atoms with Crippen LogP contribution < -0.4 is 4.90 Å². The predicted molar refractivity (Wildman–Crippen MR) is 78.7 cm³/mol. The molecule has 1 saturated carbocycles. The standard InChI is InChI=1S/C17H23NO/c1-11(2)12-8-9-14-15(10-12)18(13-6-5-7-13)16(19)17(14,3)4/h8-11,13H,5-7H2,1-4H3. The van der Waals surface area contributed by atoms with Gasteiger partial charge in [-0.3, -0.25) is 4.79 Å². The lowest BCUT2D eigenvalue weighted by Crippen LogP contribution is -2.46. The number of carbonyl (C=O) groups excluding carboxylic acids is 1. The van der Waals surface area contributed by atoms with E-state index in [9.17, 15) is 4.79 Å². The maximum absolute atomic E-state index is 12.7. The summed E-state index contributed by atoms with van der Waals surface area (Å²) in [6, 6.07) is 7.03.